The van der Waals surface area contributed by atoms with Crippen molar-refractivity contribution in [3.63, 3.8) is 0 Å². The molecule has 0 saturated heterocycles. The van der Waals surface area contributed by atoms with E-state index >= 15 is 0 Å². The van der Waals surface area contributed by atoms with Crippen molar-refractivity contribution in [1.82, 2.24) is 10.1 Å². The smallest absolute Gasteiger partial charge is 0.240 e. The van der Waals surface area contributed by atoms with E-state index in [1.54, 1.807) is 0 Å². The molecule has 2 N–H and O–H groups in total. The standard InChI is InChI=1S/C19H20N4O/c20-12-19-21-18(22-24-19)13-23-10-4-7-16-11-15(8-9-17(16)23)14-5-2-1-3-6-14/h1-3,5-6,8-9,11H,4,7,10,12-13,20H2. The Morgan fingerprint density at radius 1 is 1.08 bits per heavy atom. The number of nitrogens with zero attached hydrogens (tertiary/aromatic N) is 3. The normalized spacial score (nSPS) is 13.8. The SMILES string of the molecule is NCc1nc(CN2CCCc3cc(-c4ccccc4)ccc32)no1. The molecule has 0 unspecified atom stereocenters. The number of nitrogens with two attached hydrogens (primary N) is 1. The molecule has 2 heterocycles. The summed E-state index contributed by atoms with van der Waals surface area (Å²) in [5.74, 6) is 1.18. The van der Waals surface area contributed by atoms with Crippen LogP contribution >= 0.6 is 0 Å². The van der Waals surface area contributed by atoms with E-state index in [2.05, 4.69) is 57.5 Å². The Bertz CT molecular complexity index is 828. The van der Waals surface area contributed by atoms with Crippen LogP contribution in [0, 0.1) is 0 Å². The molecule has 2 aromatic carbocycles. The fraction of sp³-hybridized carbons (Fsp3) is 0.263. The largest absolute Gasteiger partial charge is 0.364 e. The Morgan fingerprint density at radius 2 is 1.96 bits per heavy atom. The Balaban J connectivity index is 1.61. The van der Waals surface area contributed by atoms with Gasteiger partial charge < -0.3 is 15.2 Å². The van der Waals surface area contributed by atoms with Crippen LogP contribution in [0.3, 0.4) is 0 Å². The van der Waals surface area contributed by atoms with Gasteiger partial charge in [-0.3, -0.25) is 0 Å². The Labute approximate surface area is 141 Å². The maximum absolute atomic E-state index is 5.53. The van der Waals surface area contributed by atoms with Crippen LogP contribution in [-0.2, 0) is 19.5 Å². The second-order valence-electron chi connectivity index (χ2n) is 6.04. The first-order valence-electron chi connectivity index (χ1n) is 8.28. The molecule has 4 rings (SSSR count). The molecule has 3 aromatic rings. The second-order valence-corrected chi connectivity index (χ2v) is 6.04. The van der Waals surface area contributed by atoms with Crippen LogP contribution < -0.4 is 10.6 Å². The summed E-state index contributed by atoms with van der Waals surface area (Å²) in [5, 5.41) is 4.01. The van der Waals surface area contributed by atoms with E-state index in [0.29, 0.717) is 18.3 Å². The van der Waals surface area contributed by atoms with E-state index < -0.39 is 0 Å². The van der Waals surface area contributed by atoms with Gasteiger partial charge in [-0.15, -0.1) is 0 Å². The maximum Gasteiger partial charge on any atom is 0.240 e. The van der Waals surface area contributed by atoms with Crippen molar-refractivity contribution in [3.05, 3.63) is 65.8 Å². The molecule has 5 heteroatoms. The average molecular weight is 320 g/mol. The van der Waals surface area contributed by atoms with Crippen molar-refractivity contribution in [2.24, 2.45) is 5.73 Å². The zero-order chi connectivity index (χ0) is 16.4. The van der Waals surface area contributed by atoms with Crippen LogP contribution in [0.25, 0.3) is 11.1 Å². The van der Waals surface area contributed by atoms with Gasteiger partial charge in [-0.05, 0) is 41.7 Å². The molecular weight excluding hydrogens is 300 g/mol. The quantitative estimate of drug-likeness (QED) is 0.800. The average Bonchev–Trinajstić information content (AvgIpc) is 3.10. The van der Waals surface area contributed by atoms with Gasteiger partial charge >= 0.3 is 0 Å². The lowest BCUT2D eigenvalue weighted by Gasteiger charge is -2.30. The highest BCUT2D eigenvalue weighted by molar-refractivity contribution is 5.69. The van der Waals surface area contributed by atoms with Gasteiger partial charge in [-0.1, -0.05) is 41.6 Å². The molecule has 1 aliphatic rings. The third-order valence-corrected chi connectivity index (χ3v) is 4.42. The molecule has 0 atom stereocenters. The fourth-order valence-electron chi connectivity index (χ4n) is 3.26. The van der Waals surface area contributed by atoms with E-state index in [-0.39, 0.29) is 6.54 Å². The Hall–Kier alpha value is -2.66. The first-order valence-corrected chi connectivity index (χ1v) is 8.28. The van der Waals surface area contributed by atoms with Gasteiger partial charge in [0.15, 0.2) is 5.82 Å². The van der Waals surface area contributed by atoms with Crippen molar-refractivity contribution in [2.45, 2.75) is 25.9 Å². The van der Waals surface area contributed by atoms with Gasteiger partial charge in [-0.25, -0.2) is 0 Å². The fourth-order valence-corrected chi connectivity index (χ4v) is 3.26. The van der Waals surface area contributed by atoms with Crippen molar-refractivity contribution in [2.75, 3.05) is 11.4 Å². The molecule has 0 fully saturated rings. The van der Waals surface area contributed by atoms with Crippen LogP contribution in [0.2, 0.25) is 0 Å². The number of aromatic nitrogens is 2. The van der Waals surface area contributed by atoms with Gasteiger partial charge in [0.2, 0.25) is 5.89 Å². The molecule has 0 spiro atoms. The number of hydrogen-bond acceptors (Lipinski definition) is 5. The first-order chi connectivity index (χ1) is 11.8. The van der Waals surface area contributed by atoms with Gasteiger partial charge in [-0.2, -0.15) is 4.98 Å². The van der Waals surface area contributed by atoms with Gasteiger partial charge in [0, 0.05) is 12.2 Å². The van der Waals surface area contributed by atoms with Gasteiger partial charge in [0.05, 0.1) is 13.1 Å². The van der Waals surface area contributed by atoms with Crippen LogP contribution in [0.15, 0.2) is 53.1 Å². The highest BCUT2D eigenvalue weighted by Gasteiger charge is 2.19. The number of rotatable bonds is 4. The summed E-state index contributed by atoms with van der Waals surface area (Å²) in [6, 6.07) is 17.2. The van der Waals surface area contributed by atoms with Crippen molar-refractivity contribution in [3.8, 4) is 11.1 Å². The minimum Gasteiger partial charge on any atom is -0.364 e. The summed E-state index contributed by atoms with van der Waals surface area (Å²) in [4.78, 5) is 6.63. The third-order valence-electron chi connectivity index (χ3n) is 4.42. The third kappa shape index (κ3) is 2.90. The lowest BCUT2D eigenvalue weighted by atomic mass is 9.96. The molecule has 1 aromatic heterocycles. The van der Waals surface area contributed by atoms with Crippen molar-refractivity contribution < 1.29 is 4.52 Å². The topological polar surface area (TPSA) is 68.2 Å². The molecule has 122 valence electrons. The summed E-state index contributed by atoms with van der Waals surface area (Å²) in [5.41, 5.74) is 10.7. The van der Waals surface area contributed by atoms with Gasteiger partial charge in [0.1, 0.15) is 0 Å². The lowest BCUT2D eigenvalue weighted by Crippen LogP contribution is -2.29. The summed E-state index contributed by atoms with van der Waals surface area (Å²) >= 11 is 0. The Kier molecular flexibility index (Phi) is 4.01. The number of fused-ring (bicyclic) bond motifs is 1. The predicted molar refractivity (Wildman–Crippen MR) is 93.4 cm³/mol. The summed E-state index contributed by atoms with van der Waals surface area (Å²) in [7, 11) is 0. The zero-order valence-corrected chi connectivity index (χ0v) is 13.5. The van der Waals surface area contributed by atoms with E-state index in [1.807, 2.05) is 6.07 Å². The highest BCUT2D eigenvalue weighted by Crippen LogP contribution is 2.32. The number of benzene rings is 2. The molecule has 0 saturated carbocycles. The van der Waals surface area contributed by atoms with Crippen LogP contribution in [0.4, 0.5) is 5.69 Å². The van der Waals surface area contributed by atoms with E-state index in [0.717, 1.165) is 19.4 Å². The number of aryl methyl sites for hydroxylation is 1. The van der Waals surface area contributed by atoms with Crippen LogP contribution in [0.5, 0.6) is 0 Å². The number of hydrogen-bond donors (Lipinski definition) is 1. The molecule has 24 heavy (non-hydrogen) atoms. The highest BCUT2D eigenvalue weighted by atomic mass is 16.5. The molecule has 0 aliphatic carbocycles. The summed E-state index contributed by atoms with van der Waals surface area (Å²) in [6.45, 7) is 1.94. The molecule has 0 amide bonds. The molecule has 5 nitrogen and oxygen atoms in total. The molecule has 1 aliphatic heterocycles. The number of anilines is 1. The van der Waals surface area contributed by atoms with E-state index in [9.17, 15) is 0 Å². The molecule has 0 radical (unpaired) electrons. The van der Waals surface area contributed by atoms with Crippen molar-refractivity contribution >= 4 is 5.69 Å². The van der Waals surface area contributed by atoms with E-state index in [1.165, 1.54) is 22.4 Å². The predicted octanol–water partition coefficient (Wildman–Crippen LogP) is 3.15. The zero-order valence-electron chi connectivity index (χ0n) is 13.5. The van der Waals surface area contributed by atoms with Gasteiger partial charge in [0.25, 0.3) is 0 Å². The second kappa shape index (κ2) is 6.45. The maximum atomic E-state index is 5.53. The van der Waals surface area contributed by atoms with Crippen LogP contribution in [-0.4, -0.2) is 16.7 Å². The molecule has 0 bridgehead atoms. The van der Waals surface area contributed by atoms with Crippen LogP contribution in [0.1, 0.15) is 23.7 Å². The van der Waals surface area contributed by atoms with Crippen molar-refractivity contribution in [1.29, 1.82) is 0 Å². The molecular formula is C19H20N4O. The Morgan fingerprint density at radius 3 is 2.75 bits per heavy atom. The van der Waals surface area contributed by atoms with E-state index in [4.69, 9.17) is 10.3 Å². The summed E-state index contributed by atoms with van der Waals surface area (Å²) < 4.78 is 5.11. The first kappa shape index (κ1) is 14.9. The summed E-state index contributed by atoms with van der Waals surface area (Å²) in [6.07, 6.45) is 2.24. The monoisotopic (exact) mass is 320 g/mol. The lowest BCUT2D eigenvalue weighted by molar-refractivity contribution is 0.374. The minimum atomic E-state index is 0.282. The minimum absolute atomic E-state index is 0.282.